The first-order valence-corrected chi connectivity index (χ1v) is 3.53. The molecule has 1 atom stereocenters. The third-order valence-corrected chi connectivity index (χ3v) is 1.14. The molecule has 4 nitrogen and oxygen atoms in total. The molecule has 0 rings (SSSR count). The van der Waals surface area contributed by atoms with Gasteiger partial charge in [0.05, 0.1) is 13.2 Å². The van der Waals surface area contributed by atoms with Crippen LogP contribution in [0.4, 0.5) is 0 Å². The van der Waals surface area contributed by atoms with Gasteiger partial charge in [-0.2, -0.15) is 0 Å². The summed E-state index contributed by atoms with van der Waals surface area (Å²) < 4.78 is 4.70. The molecule has 0 aliphatic heterocycles. The van der Waals surface area contributed by atoms with E-state index in [0.29, 0.717) is 6.54 Å². The van der Waals surface area contributed by atoms with E-state index in [-0.39, 0.29) is 12.5 Å². The van der Waals surface area contributed by atoms with Gasteiger partial charge in [0.1, 0.15) is 0 Å². The summed E-state index contributed by atoms with van der Waals surface area (Å²) in [5, 5.41) is 0. The number of isocyanates is 1. The molecule has 0 bridgehead atoms. The van der Waals surface area contributed by atoms with Crippen LogP contribution in [0.2, 0.25) is 0 Å². The molecule has 0 aromatic heterocycles. The molecule has 0 fully saturated rings. The molecule has 0 radical (unpaired) electrons. The maximum absolute atomic E-state index is 10.5. The molecule has 0 spiro atoms. The highest BCUT2D eigenvalue weighted by molar-refractivity contribution is 5.81. The third-order valence-electron chi connectivity index (χ3n) is 1.14. The molecule has 0 aliphatic rings. The molecule has 0 saturated heterocycles. The van der Waals surface area contributed by atoms with E-state index in [4.69, 9.17) is 4.74 Å². The molecule has 0 aliphatic carbocycles. The van der Waals surface area contributed by atoms with Crippen molar-refractivity contribution >= 4 is 12.0 Å². The molecular weight excluding hydrogens is 158 g/mol. The maximum Gasteiger partial charge on any atom is 0.330 e. The second-order valence-electron chi connectivity index (χ2n) is 2.37. The zero-order chi connectivity index (χ0) is 9.40. The standard InChI is InChI=1S/C8H11NO3/c1-3-8(11)12-5-7(2)4-9-6-10/h3,7H,1,4-5H2,2H3. The Bertz CT molecular complexity index is 206. The Morgan fingerprint density at radius 3 is 3.00 bits per heavy atom. The lowest BCUT2D eigenvalue weighted by molar-refractivity contribution is -0.138. The molecule has 0 saturated carbocycles. The first kappa shape index (κ1) is 10.6. The molecule has 12 heavy (non-hydrogen) atoms. The number of carbonyl (C=O) groups excluding carboxylic acids is 2. The van der Waals surface area contributed by atoms with Crippen LogP contribution < -0.4 is 0 Å². The fraction of sp³-hybridized carbons (Fsp3) is 0.500. The topological polar surface area (TPSA) is 55.7 Å². The van der Waals surface area contributed by atoms with Crippen LogP contribution in [0.3, 0.4) is 0 Å². The first-order chi connectivity index (χ1) is 5.70. The number of nitrogens with zero attached hydrogens (tertiary/aromatic N) is 1. The molecule has 4 heteroatoms. The zero-order valence-corrected chi connectivity index (χ0v) is 6.95. The van der Waals surface area contributed by atoms with Crippen LogP contribution in [0, 0.1) is 5.92 Å². The van der Waals surface area contributed by atoms with E-state index < -0.39 is 5.97 Å². The quantitative estimate of drug-likeness (QED) is 0.263. The van der Waals surface area contributed by atoms with Crippen molar-refractivity contribution in [3.8, 4) is 0 Å². The minimum atomic E-state index is -0.461. The van der Waals surface area contributed by atoms with E-state index in [1.54, 1.807) is 0 Å². The molecule has 0 aromatic carbocycles. The Labute approximate surface area is 70.9 Å². The van der Waals surface area contributed by atoms with E-state index in [9.17, 15) is 9.59 Å². The molecule has 66 valence electrons. The highest BCUT2D eigenvalue weighted by Gasteiger charge is 2.03. The van der Waals surface area contributed by atoms with Gasteiger partial charge in [-0.3, -0.25) is 0 Å². The second kappa shape index (κ2) is 6.31. The van der Waals surface area contributed by atoms with Crippen molar-refractivity contribution in [1.29, 1.82) is 0 Å². The highest BCUT2D eigenvalue weighted by Crippen LogP contribution is 1.96. The van der Waals surface area contributed by atoms with Gasteiger partial charge < -0.3 is 4.74 Å². The summed E-state index contributed by atoms with van der Waals surface area (Å²) in [5.41, 5.74) is 0. The normalized spacial score (nSPS) is 11.1. The average molecular weight is 169 g/mol. The molecule has 0 aromatic rings. The molecule has 0 heterocycles. The fourth-order valence-electron chi connectivity index (χ4n) is 0.529. The van der Waals surface area contributed by atoms with Crippen molar-refractivity contribution in [2.24, 2.45) is 10.9 Å². The van der Waals surface area contributed by atoms with Gasteiger partial charge in [-0.15, -0.1) is 0 Å². The van der Waals surface area contributed by atoms with Crippen molar-refractivity contribution in [1.82, 2.24) is 0 Å². The Kier molecular flexibility index (Phi) is 5.57. The van der Waals surface area contributed by atoms with E-state index in [1.807, 2.05) is 6.92 Å². The predicted molar refractivity (Wildman–Crippen MR) is 43.3 cm³/mol. The number of esters is 1. The van der Waals surface area contributed by atoms with Crippen molar-refractivity contribution in [3.05, 3.63) is 12.7 Å². The maximum atomic E-state index is 10.5. The summed E-state index contributed by atoms with van der Waals surface area (Å²) in [7, 11) is 0. The molecular formula is C8H11NO3. The smallest absolute Gasteiger partial charge is 0.330 e. The van der Waals surface area contributed by atoms with Gasteiger partial charge in [0.25, 0.3) is 0 Å². The number of rotatable bonds is 5. The van der Waals surface area contributed by atoms with Crippen molar-refractivity contribution in [2.75, 3.05) is 13.2 Å². The number of ether oxygens (including phenoxy) is 1. The summed E-state index contributed by atoms with van der Waals surface area (Å²) in [6.07, 6.45) is 2.51. The van der Waals surface area contributed by atoms with Crippen LogP contribution >= 0.6 is 0 Å². The summed E-state index contributed by atoms with van der Waals surface area (Å²) >= 11 is 0. The van der Waals surface area contributed by atoms with Crippen LogP contribution in [-0.4, -0.2) is 25.2 Å². The largest absolute Gasteiger partial charge is 0.462 e. The van der Waals surface area contributed by atoms with Gasteiger partial charge in [0.15, 0.2) is 0 Å². The monoisotopic (exact) mass is 169 g/mol. The van der Waals surface area contributed by atoms with E-state index in [2.05, 4.69) is 11.6 Å². The fourth-order valence-corrected chi connectivity index (χ4v) is 0.529. The number of aliphatic imine (C=N–C) groups is 1. The van der Waals surface area contributed by atoms with Crippen LogP contribution in [0.25, 0.3) is 0 Å². The zero-order valence-electron chi connectivity index (χ0n) is 6.95. The Balaban J connectivity index is 3.55. The SMILES string of the molecule is C=CC(=O)OCC(C)CN=C=O. The second-order valence-corrected chi connectivity index (χ2v) is 2.37. The van der Waals surface area contributed by atoms with Gasteiger partial charge >= 0.3 is 5.97 Å². The van der Waals surface area contributed by atoms with Crippen molar-refractivity contribution in [2.45, 2.75) is 6.92 Å². The Morgan fingerprint density at radius 2 is 2.50 bits per heavy atom. The number of hydrogen-bond acceptors (Lipinski definition) is 4. The van der Waals surface area contributed by atoms with Gasteiger partial charge in [0.2, 0.25) is 6.08 Å². The lowest BCUT2D eigenvalue weighted by Gasteiger charge is -2.06. The summed E-state index contributed by atoms with van der Waals surface area (Å²) in [6.45, 7) is 5.63. The number of hydrogen-bond donors (Lipinski definition) is 0. The van der Waals surface area contributed by atoms with Crippen LogP contribution in [-0.2, 0) is 14.3 Å². The lowest BCUT2D eigenvalue weighted by Crippen LogP contribution is -2.12. The van der Waals surface area contributed by atoms with E-state index in [0.717, 1.165) is 6.08 Å². The van der Waals surface area contributed by atoms with Crippen LogP contribution in [0.1, 0.15) is 6.92 Å². The Morgan fingerprint density at radius 1 is 1.83 bits per heavy atom. The first-order valence-electron chi connectivity index (χ1n) is 3.53. The van der Waals surface area contributed by atoms with Crippen molar-refractivity contribution in [3.63, 3.8) is 0 Å². The van der Waals surface area contributed by atoms with E-state index in [1.165, 1.54) is 6.08 Å². The van der Waals surface area contributed by atoms with Crippen molar-refractivity contribution < 1.29 is 14.3 Å². The summed E-state index contributed by atoms with van der Waals surface area (Å²) in [4.78, 5) is 23.6. The Hall–Kier alpha value is -1.41. The van der Waals surface area contributed by atoms with Gasteiger partial charge in [-0.25, -0.2) is 14.6 Å². The summed E-state index contributed by atoms with van der Waals surface area (Å²) in [6, 6.07) is 0. The lowest BCUT2D eigenvalue weighted by atomic mass is 10.2. The molecule has 0 amide bonds. The average Bonchev–Trinajstić information content (AvgIpc) is 2.10. The minimum Gasteiger partial charge on any atom is -0.462 e. The van der Waals surface area contributed by atoms with E-state index >= 15 is 0 Å². The third kappa shape index (κ3) is 5.38. The van der Waals surface area contributed by atoms with Gasteiger partial charge in [-0.05, 0) is 0 Å². The minimum absolute atomic E-state index is 0.0374. The predicted octanol–water partition coefficient (Wildman–Crippen LogP) is 0.687. The molecule has 0 N–H and O–H groups in total. The number of carbonyl (C=O) groups is 1. The van der Waals surface area contributed by atoms with Gasteiger partial charge in [0, 0.05) is 12.0 Å². The molecule has 1 unspecified atom stereocenters. The summed E-state index contributed by atoms with van der Waals surface area (Å²) in [5.74, 6) is -0.424. The van der Waals surface area contributed by atoms with Crippen LogP contribution in [0.15, 0.2) is 17.6 Å². The van der Waals surface area contributed by atoms with Gasteiger partial charge in [-0.1, -0.05) is 13.5 Å². The van der Waals surface area contributed by atoms with Crippen LogP contribution in [0.5, 0.6) is 0 Å². The highest BCUT2D eigenvalue weighted by atomic mass is 16.5.